The van der Waals surface area contributed by atoms with Gasteiger partial charge in [-0.05, 0) is 35.9 Å². The van der Waals surface area contributed by atoms with Gasteiger partial charge in [0.15, 0.2) is 20.4 Å². The average molecular weight is 516 g/mol. The lowest BCUT2D eigenvalue weighted by molar-refractivity contribution is -0.137. The Labute approximate surface area is 198 Å². The van der Waals surface area contributed by atoms with Crippen molar-refractivity contribution in [3.8, 4) is 11.3 Å². The van der Waals surface area contributed by atoms with E-state index in [0.29, 0.717) is 16.5 Å². The molecule has 0 radical (unpaired) electrons. The molecule has 2 heterocycles. The first-order chi connectivity index (χ1) is 15.4. The number of aromatic nitrogens is 2. The van der Waals surface area contributed by atoms with Crippen molar-refractivity contribution in [3.05, 3.63) is 77.2 Å². The molecule has 6 nitrogen and oxygen atoms in total. The Balaban J connectivity index is 0.00000324. The Morgan fingerprint density at radius 3 is 2.47 bits per heavy atom. The maximum Gasteiger partial charge on any atom is 0.416 e. The van der Waals surface area contributed by atoms with Crippen LogP contribution in [0.1, 0.15) is 22.9 Å². The van der Waals surface area contributed by atoms with Crippen molar-refractivity contribution in [2.45, 2.75) is 23.7 Å². The van der Waals surface area contributed by atoms with Crippen LogP contribution in [0.5, 0.6) is 0 Å². The van der Waals surface area contributed by atoms with E-state index in [1.165, 1.54) is 6.07 Å². The van der Waals surface area contributed by atoms with Crippen LogP contribution in [0.15, 0.2) is 64.1 Å². The molecule has 0 amide bonds. The lowest BCUT2D eigenvalue weighted by Gasteiger charge is -2.16. The van der Waals surface area contributed by atoms with Crippen LogP contribution >= 0.6 is 12.4 Å². The van der Waals surface area contributed by atoms with Gasteiger partial charge in [0.1, 0.15) is 11.5 Å². The molecule has 0 saturated heterocycles. The third kappa shape index (κ3) is 5.06. The predicted octanol–water partition coefficient (Wildman–Crippen LogP) is 5.12. The highest BCUT2D eigenvalue weighted by molar-refractivity contribution is 7.90. The maximum absolute atomic E-state index is 14.3. The third-order valence-corrected chi connectivity index (χ3v) is 6.09. The zero-order valence-corrected chi connectivity index (χ0v) is 19.1. The fourth-order valence-electron chi connectivity index (χ4n) is 3.48. The van der Waals surface area contributed by atoms with Gasteiger partial charge in [0.2, 0.25) is 0 Å². The van der Waals surface area contributed by atoms with E-state index in [1.807, 2.05) is 0 Å². The van der Waals surface area contributed by atoms with Crippen molar-refractivity contribution in [3.63, 3.8) is 0 Å². The zero-order chi connectivity index (χ0) is 24.0. The highest BCUT2D eigenvalue weighted by Gasteiger charge is 2.31. The molecule has 2 aromatic heterocycles. The van der Waals surface area contributed by atoms with Gasteiger partial charge in [-0.2, -0.15) is 13.2 Å². The van der Waals surface area contributed by atoms with E-state index < -0.39 is 33.4 Å². The number of halogens is 5. The monoisotopic (exact) mass is 515 g/mol. The molecule has 0 aliphatic heterocycles. The normalized spacial score (nSPS) is 13.0. The minimum absolute atomic E-state index is 0. The third-order valence-electron chi connectivity index (χ3n) is 5.10. The Morgan fingerprint density at radius 2 is 1.79 bits per heavy atom. The summed E-state index contributed by atoms with van der Waals surface area (Å²) in [6.45, 7) is 0. The Bertz CT molecular complexity index is 1460. The molecule has 0 bridgehead atoms. The molecular formula is C22H18ClF4N3O3S. The summed E-state index contributed by atoms with van der Waals surface area (Å²) >= 11 is 0. The maximum atomic E-state index is 14.3. The van der Waals surface area contributed by atoms with Crippen LogP contribution in [-0.4, -0.2) is 24.8 Å². The van der Waals surface area contributed by atoms with Gasteiger partial charge in [-0.3, -0.25) is 0 Å². The topological polar surface area (TPSA) is 99.1 Å². The van der Waals surface area contributed by atoms with Crippen LogP contribution in [0.4, 0.5) is 17.6 Å². The molecule has 2 N–H and O–H groups in total. The van der Waals surface area contributed by atoms with Crippen LogP contribution in [0.3, 0.4) is 0 Å². The fraction of sp³-hybridized carbons (Fsp3) is 0.182. The van der Waals surface area contributed by atoms with E-state index in [2.05, 4.69) is 10.1 Å². The summed E-state index contributed by atoms with van der Waals surface area (Å²) in [6, 6.07) is 11.1. The van der Waals surface area contributed by atoms with E-state index in [9.17, 15) is 26.0 Å². The molecule has 0 aliphatic carbocycles. The van der Waals surface area contributed by atoms with Gasteiger partial charge in [-0.1, -0.05) is 29.4 Å². The first-order valence-corrected chi connectivity index (χ1v) is 11.5. The zero-order valence-electron chi connectivity index (χ0n) is 17.5. The van der Waals surface area contributed by atoms with Gasteiger partial charge in [-0.25, -0.2) is 17.8 Å². The largest absolute Gasteiger partial charge is 0.416 e. The van der Waals surface area contributed by atoms with Crippen molar-refractivity contribution in [1.82, 2.24) is 10.1 Å². The van der Waals surface area contributed by atoms with Gasteiger partial charge < -0.3 is 10.3 Å². The highest BCUT2D eigenvalue weighted by atomic mass is 35.5. The molecule has 0 spiro atoms. The van der Waals surface area contributed by atoms with Crippen molar-refractivity contribution in [1.29, 1.82) is 0 Å². The van der Waals surface area contributed by atoms with Crippen molar-refractivity contribution in [2.24, 2.45) is 5.73 Å². The number of alkyl halides is 3. The van der Waals surface area contributed by atoms with E-state index in [0.717, 1.165) is 30.5 Å². The Kier molecular flexibility index (Phi) is 7.02. The van der Waals surface area contributed by atoms with Crippen LogP contribution in [0.2, 0.25) is 0 Å². The van der Waals surface area contributed by atoms with Crippen molar-refractivity contribution < 1.29 is 30.5 Å². The molecule has 4 rings (SSSR count). The van der Waals surface area contributed by atoms with Gasteiger partial charge in [0, 0.05) is 29.7 Å². The summed E-state index contributed by atoms with van der Waals surface area (Å²) in [5.41, 5.74) is 6.57. The summed E-state index contributed by atoms with van der Waals surface area (Å²) in [7, 11) is -3.65. The molecule has 1 atom stereocenters. The molecule has 0 saturated carbocycles. The average Bonchev–Trinajstić information content (AvgIpc) is 3.17. The van der Waals surface area contributed by atoms with Gasteiger partial charge in [0.05, 0.1) is 11.3 Å². The molecule has 2 aromatic carbocycles. The van der Waals surface area contributed by atoms with Crippen LogP contribution in [0.25, 0.3) is 22.2 Å². The number of pyridine rings is 1. The molecule has 12 heteroatoms. The number of hydrogen-bond acceptors (Lipinski definition) is 6. The first kappa shape index (κ1) is 25.6. The summed E-state index contributed by atoms with van der Waals surface area (Å²) in [5.74, 6) is -0.707. The predicted molar refractivity (Wildman–Crippen MR) is 120 cm³/mol. The standard InChI is InChI=1S/C22H17F4N3O3S.ClH/c1-33(30,31)20-9-8-16(23)18(28-20)11-17(27)13-4-2-3-5-14(13)21-15-7-6-12(22(24,25)26)10-19(15)32-29-21;/h2-10,17H,11,27H2,1H3;1H. The van der Waals surface area contributed by atoms with Gasteiger partial charge >= 0.3 is 6.18 Å². The van der Waals surface area contributed by atoms with Crippen molar-refractivity contribution >= 4 is 33.2 Å². The van der Waals surface area contributed by atoms with Gasteiger partial charge in [-0.15, -0.1) is 12.4 Å². The number of hydrogen-bond donors (Lipinski definition) is 1. The van der Waals surface area contributed by atoms with E-state index >= 15 is 0 Å². The Morgan fingerprint density at radius 1 is 1.09 bits per heavy atom. The second-order valence-electron chi connectivity index (χ2n) is 7.49. The molecule has 0 aliphatic rings. The van der Waals surface area contributed by atoms with Gasteiger partial charge in [0.25, 0.3) is 0 Å². The molecule has 4 aromatic rings. The second kappa shape index (κ2) is 9.32. The summed E-state index contributed by atoms with van der Waals surface area (Å²) in [6.07, 6.45) is -3.69. The van der Waals surface area contributed by atoms with Crippen LogP contribution in [-0.2, 0) is 22.4 Å². The summed E-state index contributed by atoms with van der Waals surface area (Å²) < 4.78 is 82.0. The minimum atomic E-state index is -4.53. The number of fused-ring (bicyclic) bond motifs is 1. The molecule has 180 valence electrons. The molecule has 34 heavy (non-hydrogen) atoms. The first-order valence-electron chi connectivity index (χ1n) is 9.62. The number of rotatable bonds is 5. The van der Waals surface area contributed by atoms with Crippen LogP contribution in [0, 0.1) is 5.82 Å². The fourth-order valence-corrected chi connectivity index (χ4v) is 4.07. The lowest BCUT2D eigenvalue weighted by Crippen LogP contribution is -2.17. The van der Waals surface area contributed by atoms with E-state index in [4.69, 9.17) is 10.3 Å². The smallest absolute Gasteiger partial charge is 0.356 e. The summed E-state index contributed by atoms with van der Waals surface area (Å²) in [4.78, 5) is 3.90. The van der Waals surface area contributed by atoms with E-state index in [-0.39, 0.29) is 40.8 Å². The number of nitrogens with zero attached hydrogens (tertiary/aromatic N) is 2. The highest BCUT2D eigenvalue weighted by Crippen LogP contribution is 2.36. The van der Waals surface area contributed by atoms with Crippen molar-refractivity contribution in [2.75, 3.05) is 6.26 Å². The van der Waals surface area contributed by atoms with E-state index in [1.54, 1.807) is 24.3 Å². The Hall–Kier alpha value is -3.02. The second-order valence-corrected chi connectivity index (χ2v) is 9.45. The summed E-state index contributed by atoms with van der Waals surface area (Å²) in [5, 5.41) is 4.01. The number of sulfone groups is 1. The molecule has 1 unspecified atom stereocenters. The molecular weight excluding hydrogens is 498 g/mol. The number of nitrogens with two attached hydrogens (primary N) is 1. The van der Waals surface area contributed by atoms with Crippen LogP contribution < -0.4 is 5.73 Å². The lowest BCUT2D eigenvalue weighted by atomic mass is 9.94. The minimum Gasteiger partial charge on any atom is -0.356 e. The number of benzene rings is 2. The molecule has 0 fully saturated rings. The SMILES string of the molecule is CS(=O)(=O)c1ccc(F)c(CC(N)c2ccccc2-c2noc3cc(C(F)(F)F)ccc23)n1.Cl. The quantitative estimate of drug-likeness (QED) is 0.371.